The molecule has 1 aromatic carbocycles. The number of nitrogens with one attached hydrogen (secondary N) is 1. The fraction of sp³-hybridized carbons (Fsp3) is 0.636. The van der Waals surface area contributed by atoms with Gasteiger partial charge >= 0.3 is 0 Å². The second kappa shape index (κ2) is 6.71. The molecular weight excluding hydrogens is 324 g/mol. The molecule has 1 aromatic rings. The van der Waals surface area contributed by atoms with Crippen LogP contribution in [-0.4, -0.2) is 29.8 Å². The number of carbonyl (C=O) groups excluding carboxylic acids is 2. The highest BCUT2D eigenvalue weighted by molar-refractivity contribution is 5.82. The Kier molecular flexibility index (Phi) is 4.54. The Balaban J connectivity index is 1.37. The highest BCUT2D eigenvalue weighted by Crippen LogP contribution is 2.41. The van der Waals surface area contributed by atoms with Crippen molar-refractivity contribution in [3.8, 4) is 0 Å². The minimum absolute atomic E-state index is 0.0420. The van der Waals surface area contributed by atoms with Crippen LogP contribution in [0.4, 0.5) is 0 Å². The van der Waals surface area contributed by atoms with E-state index in [2.05, 4.69) is 43.4 Å². The smallest absolute Gasteiger partial charge is 0.225 e. The molecule has 1 atom stereocenters. The standard InChI is InChI=1S/C22H30N2O2/c1-22(2)12-9-19(17-5-3-4-6-18(17)22)23-20(25)15-10-13-24(14-11-15)21(26)16-7-8-16/h3-6,15-16,19H,7-14H2,1-2H3,(H,23,25)/t19-/m0/s1. The Morgan fingerprint density at radius 1 is 1.00 bits per heavy atom. The third kappa shape index (κ3) is 3.38. The van der Waals surface area contributed by atoms with Crippen molar-refractivity contribution in [2.75, 3.05) is 13.1 Å². The highest BCUT2D eigenvalue weighted by Gasteiger charge is 2.37. The van der Waals surface area contributed by atoms with Gasteiger partial charge in [-0.05, 0) is 55.1 Å². The number of likely N-dealkylation sites (tertiary alicyclic amines) is 1. The highest BCUT2D eigenvalue weighted by atomic mass is 16.2. The summed E-state index contributed by atoms with van der Waals surface area (Å²) in [4.78, 5) is 27.0. The van der Waals surface area contributed by atoms with Crippen molar-refractivity contribution < 1.29 is 9.59 Å². The van der Waals surface area contributed by atoms with E-state index in [1.165, 1.54) is 11.1 Å². The summed E-state index contributed by atoms with van der Waals surface area (Å²) >= 11 is 0. The van der Waals surface area contributed by atoms with Crippen LogP contribution in [0.25, 0.3) is 0 Å². The first-order valence-electron chi connectivity index (χ1n) is 10.1. The summed E-state index contributed by atoms with van der Waals surface area (Å²) in [6.07, 6.45) is 5.78. The summed E-state index contributed by atoms with van der Waals surface area (Å²) in [5.41, 5.74) is 2.81. The quantitative estimate of drug-likeness (QED) is 0.902. The number of rotatable bonds is 3. The molecule has 0 aromatic heterocycles. The van der Waals surface area contributed by atoms with E-state index in [0.29, 0.717) is 5.91 Å². The van der Waals surface area contributed by atoms with Gasteiger partial charge in [-0.25, -0.2) is 0 Å². The van der Waals surface area contributed by atoms with E-state index >= 15 is 0 Å². The molecule has 0 bridgehead atoms. The maximum Gasteiger partial charge on any atom is 0.225 e. The zero-order chi connectivity index (χ0) is 18.3. The van der Waals surface area contributed by atoms with Crippen LogP contribution in [0.1, 0.15) is 69.5 Å². The molecule has 0 unspecified atom stereocenters. The van der Waals surface area contributed by atoms with Crippen molar-refractivity contribution in [3.63, 3.8) is 0 Å². The summed E-state index contributed by atoms with van der Waals surface area (Å²) in [6.45, 7) is 6.05. The maximum absolute atomic E-state index is 12.8. The Morgan fingerprint density at radius 3 is 2.38 bits per heavy atom. The third-order valence-corrected chi connectivity index (χ3v) is 6.54. The fourth-order valence-electron chi connectivity index (χ4n) is 4.60. The van der Waals surface area contributed by atoms with E-state index in [4.69, 9.17) is 0 Å². The lowest BCUT2D eigenvalue weighted by Gasteiger charge is -2.38. The molecule has 1 N–H and O–H groups in total. The molecular formula is C22H30N2O2. The van der Waals surface area contributed by atoms with Crippen LogP contribution in [0.3, 0.4) is 0 Å². The first-order chi connectivity index (χ1) is 12.5. The lowest BCUT2D eigenvalue weighted by molar-refractivity contribution is -0.136. The number of piperidine rings is 1. The molecule has 4 nitrogen and oxygen atoms in total. The molecule has 1 heterocycles. The summed E-state index contributed by atoms with van der Waals surface area (Å²) in [6, 6.07) is 8.66. The van der Waals surface area contributed by atoms with E-state index in [1.807, 2.05) is 4.90 Å². The Hall–Kier alpha value is -1.84. The van der Waals surface area contributed by atoms with Gasteiger partial charge in [0.15, 0.2) is 0 Å². The molecule has 0 spiro atoms. The van der Waals surface area contributed by atoms with Crippen LogP contribution in [0, 0.1) is 11.8 Å². The fourth-order valence-corrected chi connectivity index (χ4v) is 4.60. The maximum atomic E-state index is 12.8. The average Bonchev–Trinajstić information content (AvgIpc) is 3.49. The van der Waals surface area contributed by atoms with Crippen molar-refractivity contribution >= 4 is 11.8 Å². The van der Waals surface area contributed by atoms with Gasteiger partial charge in [-0.1, -0.05) is 38.1 Å². The lowest BCUT2D eigenvalue weighted by atomic mass is 9.71. The number of amides is 2. The van der Waals surface area contributed by atoms with Gasteiger partial charge in [0.1, 0.15) is 0 Å². The predicted octanol–water partition coefficient (Wildman–Crippen LogP) is 3.56. The van der Waals surface area contributed by atoms with Crippen LogP contribution in [0.5, 0.6) is 0 Å². The first kappa shape index (κ1) is 17.6. The van der Waals surface area contributed by atoms with Crippen molar-refractivity contribution in [2.45, 2.75) is 63.8 Å². The van der Waals surface area contributed by atoms with Crippen LogP contribution in [0.15, 0.2) is 24.3 Å². The molecule has 2 aliphatic carbocycles. The van der Waals surface area contributed by atoms with Gasteiger partial charge in [-0.15, -0.1) is 0 Å². The predicted molar refractivity (Wildman–Crippen MR) is 102 cm³/mol. The number of hydrogen-bond donors (Lipinski definition) is 1. The number of hydrogen-bond acceptors (Lipinski definition) is 2. The normalized spacial score (nSPS) is 25.5. The van der Waals surface area contributed by atoms with Crippen molar-refractivity contribution in [1.29, 1.82) is 0 Å². The summed E-state index contributed by atoms with van der Waals surface area (Å²) in [5.74, 6) is 0.804. The van der Waals surface area contributed by atoms with Crippen LogP contribution < -0.4 is 5.32 Å². The molecule has 4 rings (SSSR count). The van der Waals surface area contributed by atoms with Gasteiger partial charge in [0.05, 0.1) is 6.04 Å². The van der Waals surface area contributed by atoms with Gasteiger partial charge < -0.3 is 10.2 Å². The Labute approximate surface area is 156 Å². The molecule has 1 aliphatic heterocycles. The number of nitrogens with zero attached hydrogens (tertiary/aromatic N) is 1. The number of fused-ring (bicyclic) bond motifs is 1. The van der Waals surface area contributed by atoms with E-state index in [0.717, 1.165) is 51.6 Å². The number of benzene rings is 1. The van der Waals surface area contributed by atoms with E-state index in [-0.39, 0.29) is 29.2 Å². The van der Waals surface area contributed by atoms with Crippen LogP contribution in [0.2, 0.25) is 0 Å². The second-order valence-electron chi connectivity index (χ2n) is 8.94. The molecule has 1 saturated carbocycles. The van der Waals surface area contributed by atoms with E-state index in [1.54, 1.807) is 0 Å². The van der Waals surface area contributed by atoms with Gasteiger partial charge in [-0.3, -0.25) is 9.59 Å². The van der Waals surface area contributed by atoms with Crippen LogP contribution in [-0.2, 0) is 15.0 Å². The van der Waals surface area contributed by atoms with E-state index in [9.17, 15) is 9.59 Å². The largest absolute Gasteiger partial charge is 0.349 e. The third-order valence-electron chi connectivity index (χ3n) is 6.54. The SMILES string of the molecule is CC1(C)CC[C@H](NC(=O)C2CCN(C(=O)C3CC3)CC2)c2ccccc21. The molecule has 4 heteroatoms. The van der Waals surface area contributed by atoms with Gasteiger partial charge in [0.2, 0.25) is 11.8 Å². The zero-order valence-electron chi connectivity index (χ0n) is 16.0. The average molecular weight is 354 g/mol. The monoisotopic (exact) mass is 354 g/mol. The molecule has 140 valence electrons. The summed E-state index contributed by atoms with van der Waals surface area (Å²) in [5, 5.41) is 3.32. The van der Waals surface area contributed by atoms with Crippen LogP contribution >= 0.6 is 0 Å². The van der Waals surface area contributed by atoms with Gasteiger partial charge in [0, 0.05) is 24.9 Å². The van der Waals surface area contributed by atoms with Crippen molar-refractivity contribution in [1.82, 2.24) is 10.2 Å². The molecule has 0 radical (unpaired) electrons. The Morgan fingerprint density at radius 2 is 1.69 bits per heavy atom. The minimum Gasteiger partial charge on any atom is -0.349 e. The lowest BCUT2D eigenvalue weighted by Crippen LogP contribution is -2.45. The molecule has 2 amide bonds. The van der Waals surface area contributed by atoms with Crippen molar-refractivity contribution in [3.05, 3.63) is 35.4 Å². The Bertz CT molecular complexity index is 700. The van der Waals surface area contributed by atoms with Gasteiger partial charge in [0.25, 0.3) is 0 Å². The molecule has 26 heavy (non-hydrogen) atoms. The minimum atomic E-state index is 0.0420. The summed E-state index contributed by atoms with van der Waals surface area (Å²) in [7, 11) is 0. The molecule has 3 aliphatic rings. The molecule has 2 fully saturated rings. The first-order valence-corrected chi connectivity index (χ1v) is 10.1. The second-order valence-corrected chi connectivity index (χ2v) is 8.94. The summed E-state index contributed by atoms with van der Waals surface area (Å²) < 4.78 is 0. The molecule has 1 saturated heterocycles. The topological polar surface area (TPSA) is 49.4 Å². The number of carbonyl (C=O) groups is 2. The zero-order valence-corrected chi connectivity index (χ0v) is 16.0. The van der Waals surface area contributed by atoms with Crippen molar-refractivity contribution in [2.24, 2.45) is 11.8 Å². The van der Waals surface area contributed by atoms with E-state index < -0.39 is 0 Å². The van der Waals surface area contributed by atoms with Gasteiger partial charge in [-0.2, -0.15) is 0 Å².